The predicted octanol–water partition coefficient (Wildman–Crippen LogP) is 2.21. The Morgan fingerprint density at radius 3 is 2.88 bits per heavy atom. The summed E-state index contributed by atoms with van der Waals surface area (Å²) in [5, 5.41) is 2.67. The number of carbonyl (C=O) groups is 1. The molecule has 0 saturated carbocycles. The number of methoxy groups -OCH3 is 1. The molecule has 1 atom stereocenters. The summed E-state index contributed by atoms with van der Waals surface area (Å²) in [4.78, 5) is 11.8. The highest BCUT2D eigenvalue weighted by atomic mass is 79.9. The van der Waals surface area contributed by atoms with Crippen LogP contribution in [-0.2, 0) is 0 Å². The van der Waals surface area contributed by atoms with Gasteiger partial charge in [0.2, 0.25) is 0 Å². The fourth-order valence-electron chi connectivity index (χ4n) is 1.17. The largest absolute Gasteiger partial charge is 0.496 e. The zero-order chi connectivity index (χ0) is 12.1. The van der Waals surface area contributed by atoms with Crippen LogP contribution in [0.1, 0.15) is 17.3 Å². The van der Waals surface area contributed by atoms with E-state index >= 15 is 0 Å². The summed E-state index contributed by atoms with van der Waals surface area (Å²) in [5.41, 5.74) is 0.466. The number of nitrogens with one attached hydrogen (secondary N) is 1. The second-order valence-electron chi connectivity index (χ2n) is 3.21. The Morgan fingerprint density at radius 2 is 2.31 bits per heavy atom. The van der Waals surface area contributed by atoms with Crippen molar-refractivity contribution in [1.29, 1.82) is 0 Å². The molecule has 1 aromatic carbocycles. The van der Waals surface area contributed by atoms with Crippen LogP contribution in [-0.4, -0.2) is 19.1 Å². The summed E-state index contributed by atoms with van der Waals surface area (Å²) >= 11 is 3.31. The van der Waals surface area contributed by atoms with Crippen molar-refractivity contribution in [3.63, 3.8) is 0 Å². The fourth-order valence-corrected chi connectivity index (χ4v) is 1.51. The average molecular weight is 282 g/mol. The molecule has 0 aliphatic heterocycles. The second kappa shape index (κ2) is 5.57. The molecule has 1 aromatic rings. The lowest BCUT2D eigenvalue weighted by Crippen LogP contribution is -2.31. The van der Waals surface area contributed by atoms with E-state index in [0.717, 1.165) is 4.47 Å². The van der Waals surface area contributed by atoms with Crippen molar-refractivity contribution < 1.29 is 9.53 Å². The molecule has 84 valence electrons. The minimum absolute atomic E-state index is 0.241. The number of terminal acetylenes is 1. The standard InChI is InChI=1S/C12H12BrNO2/c1-4-8(2)14-12(15)10-6-5-9(13)7-11(10)16-3/h1,5-8H,2-3H3,(H,14,15). The van der Waals surface area contributed by atoms with E-state index in [4.69, 9.17) is 11.2 Å². The molecular weight excluding hydrogens is 270 g/mol. The van der Waals surface area contributed by atoms with Crippen molar-refractivity contribution >= 4 is 21.8 Å². The summed E-state index contributed by atoms with van der Waals surface area (Å²) < 4.78 is 5.97. The maximum Gasteiger partial charge on any atom is 0.256 e. The van der Waals surface area contributed by atoms with Crippen molar-refractivity contribution in [3.05, 3.63) is 28.2 Å². The van der Waals surface area contributed by atoms with E-state index in [-0.39, 0.29) is 11.9 Å². The minimum atomic E-state index is -0.305. The molecule has 1 N–H and O–H groups in total. The Balaban J connectivity index is 2.96. The van der Waals surface area contributed by atoms with Crippen molar-refractivity contribution in [2.75, 3.05) is 7.11 Å². The van der Waals surface area contributed by atoms with E-state index in [1.54, 1.807) is 25.1 Å². The highest BCUT2D eigenvalue weighted by Crippen LogP contribution is 2.23. The smallest absolute Gasteiger partial charge is 0.256 e. The summed E-state index contributed by atoms with van der Waals surface area (Å²) in [7, 11) is 1.52. The minimum Gasteiger partial charge on any atom is -0.496 e. The van der Waals surface area contributed by atoms with E-state index < -0.39 is 0 Å². The topological polar surface area (TPSA) is 38.3 Å². The molecule has 16 heavy (non-hydrogen) atoms. The quantitative estimate of drug-likeness (QED) is 0.863. The Hall–Kier alpha value is -1.47. The maximum absolute atomic E-state index is 11.8. The lowest BCUT2D eigenvalue weighted by Gasteiger charge is -2.11. The van der Waals surface area contributed by atoms with Crippen molar-refractivity contribution in [2.24, 2.45) is 0 Å². The van der Waals surface area contributed by atoms with Crippen LogP contribution in [0.2, 0.25) is 0 Å². The van der Waals surface area contributed by atoms with E-state index in [1.165, 1.54) is 7.11 Å². The van der Waals surface area contributed by atoms with Gasteiger partial charge in [0.05, 0.1) is 18.7 Å². The summed E-state index contributed by atoms with van der Waals surface area (Å²) in [6.45, 7) is 1.74. The van der Waals surface area contributed by atoms with Gasteiger partial charge in [-0.2, -0.15) is 0 Å². The first-order valence-electron chi connectivity index (χ1n) is 4.69. The molecule has 3 nitrogen and oxygen atoms in total. The van der Waals surface area contributed by atoms with Crippen LogP contribution in [0, 0.1) is 12.3 Å². The normalized spacial score (nSPS) is 11.4. The molecule has 1 amide bonds. The van der Waals surface area contributed by atoms with Gasteiger partial charge in [-0.05, 0) is 25.1 Å². The Bertz CT molecular complexity index is 437. The zero-order valence-electron chi connectivity index (χ0n) is 9.08. The Labute approximate surface area is 103 Å². The number of benzene rings is 1. The first-order chi connectivity index (χ1) is 7.58. The molecule has 0 aliphatic rings. The van der Waals surface area contributed by atoms with Crippen LogP contribution >= 0.6 is 15.9 Å². The number of rotatable bonds is 3. The van der Waals surface area contributed by atoms with Crippen LogP contribution in [0.15, 0.2) is 22.7 Å². The Morgan fingerprint density at radius 1 is 1.62 bits per heavy atom. The van der Waals surface area contributed by atoms with Gasteiger partial charge in [0.25, 0.3) is 5.91 Å². The Kier molecular flexibility index (Phi) is 4.39. The van der Waals surface area contributed by atoms with E-state index in [2.05, 4.69) is 27.2 Å². The average Bonchev–Trinajstić information content (AvgIpc) is 2.28. The molecule has 0 aromatic heterocycles. The summed E-state index contributed by atoms with van der Waals surface area (Å²) in [5.74, 6) is 2.70. The van der Waals surface area contributed by atoms with Crippen LogP contribution < -0.4 is 10.1 Å². The number of halogens is 1. The number of carbonyl (C=O) groups excluding carboxylic acids is 1. The third-order valence-electron chi connectivity index (χ3n) is 2.01. The van der Waals surface area contributed by atoms with Gasteiger partial charge in [0.15, 0.2) is 0 Å². The van der Waals surface area contributed by atoms with E-state index in [0.29, 0.717) is 11.3 Å². The SMILES string of the molecule is C#CC(C)NC(=O)c1ccc(Br)cc1OC. The van der Waals surface area contributed by atoms with Crippen molar-refractivity contribution in [2.45, 2.75) is 13.0 Å². The van der Waals surface area contributed by atoms with Crippen molar-refractivity contribution in [3.8, 4) is 18.1 Å². The molecule has 0 spiro atoms. The highest BCUT2D eigenvalue weighted by Gasteiger charge is 2.13. The van der Waals surface area contributed by atoms with Crippen LogP contribution in [0.3, 0.4) is 0 Å². The van der Waals surface area contributed by atoms with Gasteiger partial charge in [-0.25, -0.2) is 0 Å². The van der Waals surface area contributed by atoms with Gasteiger partial charge in [-0.1, -0.05) is 21.9 Å². The summed E-state index contributed by atoms with van der Waals surface area (Å²) in [6.07, 6.45) is 5.19. The molecule has 1 rings (SSSR count). The van der Waals surface area contributed by atoms with Crippen molar-refractivity contribution in [1.82, 2.24) is 5.32 Å². The van der Waals surface area contributed by atoms with Gasteiger partial charge >= 0.3 is 0 Å². The van der Waals surface area contributed by atoms with Crippen LogP contribution in [0.5, 0.6) is 5.75 Å². The van der Waals surface area contributed by atoms with E-state index in [9.17, 15) is 4.79 Å². The molecule has 0 bridgehead atoms. The molecular formula is C12H12BrNO2. The van der Waals surface area contributed by atoms with Crippen LogP contribution in [0.4, 0.5) is 0 Å². The zero-order valence-corrected chi connectivity index (χ0v) is 10.7. The van der Waals surface area contributed by atoms with E-state index in [1.807, 2.05) is 0 Å². The summed E-state index contributed by atoms with van der Waals surface area (Å²) in [6, 6.07) is 4.88. The molecule has 0 aliphatic carbocycles. The first-order valence-corrected chi connectivity index (χ1v) is 5.48. The number of amides is 1. The molecule has 0 fully saturated rings. The molecule has 0 radical (unpaired) electrons. The first kappa shape index (κ1) is 12.6. The van der Waals surface area contributed by atoms with Gasteiger partial charge in [-0.15, -0.1) is 6.42 Å². The lowest BCUT2D eigenvalue weighted by atomic mass is 10.2. The van der Waals surface area contributed by atoms with Crippen LogP contribution in [0.25, 0.3) is 0 Å². The molecule has 1 unspecified atom stereocenters. The fraction of sp³-hybridized carbons (Fsp3) is 0.250. The molecule has 4 heteroatoms. The number of ether oxygens (including phenoxy) is 1. The highest BCUT2D eigenvalue weighted by molar-refractivity contribution is 9.10. The second-order valence-corrected chi connectivity index (χ2v) is 4.12. The van der Waals surface area contributed by atoms with Gasteiger partial charge < -0.3 is 10.1 Å². The number of hydrogen-bond donors (Lipinski definition) is 1. The third-order valence-corrected chi connectivity index (χ3v) is 2.50. The molecule has 0 saturated heterocycles. The molecule has 0 heterocycles. The van der Waals surface area contributed by atoms with Gasteiger partial charge in [-0.3, -0.25) is 4.79 Å². The van der Waals surface area contributed by atoms with Gasteiger partial charge in [0, 0.05) is 4.47 Å². The van der Waals surface area contributed by atoms with Gasteiger partial charge in [0.1, 0.15) is 5.75 Å². The third kappa shape index (κ3) is 3.01. The lowest BCUT2D eigenvalue weighted by molar-refractivity contribution is 0.0945. The monoisotopic (exact) mass is 281 g/mol. The number of hydrogen-bond acceptors (Lipinski definition) is 2. The maximum atomic E-state index is 11.8. The predicted molar refractivity (Wildman–Crippen MR) is 66.5 cm³/mol.